The SMILES string of the molecule is Cc1ccsc1CCNC(=O)C1(CO)CC1. The number of aryl methyl sites for hydroxylation is 1. The lowest BCUT2D eigenvalue weighted by atomic mass is 10.1. The summed E-state index contributed by atoms with van der Waals surface area (Å²) in [6, 6.07) is 2.10. The molecule has 2 rings (SSSR count). The minimum atomic E-state index is -0.440. The molecule has 3 nitrogen and oxygen atoms in total. The molecule has 4 heteroatoms. The monoisotopic (exact) mass is 239 g/mol. The number of nitrogens with one attached hydrogen (secondary N) is 1. The van der Waals surface area contributed by atoms with Crippen LogP contribution in [0.4, 0.5) is 0 Å². The van der Waals surface area contributed by atoms with Gasteiger partial charge in [-0.15, -0.1) is 11.3 Å². The van der Waals surface area contributed by atoms with Gasteiger partial charge in [-0.2, -0.15) is 0 Å². The van der Waals surface area contributed by atoms with E-state index in [9.17, 15) is 4.79 Å². The molecule has 16 heavy (non-hydrogen) atoms. The summed E-state index contributed by atoms with van der Waals surface area (Å²) in [6.45, 7) is 2.74. The molecule has 1 amide bonds. The Morgan fingerprint density at radius 1 is 1.62 bits per heavy atom. The Hall–Kier alpha value is -0.870. The van der Waals surface area contributed by atoms with Crippen molar-refractivity contribution >= 4 is 17.2 Å². The maximum atomic E-state index is 11.7. The van der Waals surface area contributed by atoms with E-state index in [4.69, 9.17) is 5.11 Å². The van der Waals surface area contributed by atoms with Crippen LogP contribution in [0.1, 0.15) is 23.3 Å². The Labute approximate surface area is 99.5 Å². The summed E-state index contributed by atoms with van der Waals surface area (Å²) < 4.78 is 0. The second-order valence-electron chi connectivity index (χ2n) is 4.47. The fourth-order valence-electron chi connectivity index (χ4n) is 1.75. The largest absolute Gasteiger partial charge is 0.395 e. The van der Waals surface area contributed by atoms with Gasteiger partial charge in [0.2, 0.25) is 5.91 Å². The van der Waals surface area contributed by atoms with Crippen LogP contribution < -0.4 is 5.32 Å². The minimum absolute atomic E-state index is 0.0170. The van der Waals surface area contributed by atoms with Gasteiger partial charge in [0, 0.05) is 11.4 Å². The lowest BCUT2D eigenvalue weighted by molar-refractivity contribution is -0.127. The first-order valence-electron chi connectivity index (χ1n) is 5.60. The van der Waals surface area contributed by atoms with Crippen molar-refractivity contribution in [1.82, 2.24) is 5.32 Å². The molecule has 1 saturated carbocycles. The molecule has 1 aromatic heterocycles. The highest BCUT2D eigenvalue weighted by molar-refractivity contribution is 7.10. The summed E-state index contributed by atoms with van der Waals surface area (Å²) in [6.07, 6.45) is 2.54. The summed E-state index contributed by atoms with van der Waals surface area (Å²) in [7, 11) is 0. The average molecular weight is 239 g/mol. The van der Waals surface area contributed by atoms with Crippen LogP contribution >= 0.6 is 11.3 Å². The smallest absolute Gasteiger partial charge is 0.228 e. The molecular weight excluding hydrogens is 222 g/mol. The Morgan fingerprint density at radius 3 is 2.88 bits per heavy atom. The van der Waals surface area contributed by atoms with E-state index in [0.29, 0.717) is 6.54 Å². The van der Waals surface area contributed by atoms with E-state index in [1.54, 1.807) is 11.3 Å². The molecule has 0 radical (unpaired) electrons. The molecule has 0 spiro atoms. The number of thiophene rings is 1. The minimum Gasteiger partial charge on any atom is -0.395 e. The number of rotatable bonds is 5. The molecule has 1 heterocycles. The van der Waals surface area contributed by atoms with E-state index in [1.165, 1.54) is 10.4 Å². The van der Waals surface area contributed by atoms with Gasteiger partial charge in [-0.25, -0.2) is 0 Å². The summed E-state index contributed by atoms with van der Waals surface area (Å²) in [5.74, 6) is 0.0178. The van der Waals surface area contributed by atoms with Crippen molar-refractivity contribution in [2.75, 3.05) is 13.2 Å². The van der Waals surface area contributed by atoms with Crippen LogP contribution in [0.15, 0.2) is 11.4 Å². The number of hydrogen-bond donors (Lipinski definition) is 2. The molecule has 0 atom stereocenters. The van der Waals surface area contributed by atoms with Crippen molar-refractivity contribution in [3.05, 3.63) is 21.9 Å². The first-order chi connectivity index (χ1) is 7.68. The van der Waals surface area contributed by atoms with E-state index in [1.807, 2.05) is 0 Å². The van der Waals surface area contributed by atoms with Crippen molar-refractivity contribution < 1.29 is 9.90 Å². The van der Waals surface area contributed by atoms with Crippen LogP contribution in [0, 0.1) is 12.3 Å². The molecule has 2 N–H and O–H groups in total. The van der Waals surface area contributed by atoms with E-state index in [2.05, 4.69) is 23.7 Å². The van der Waals surface area contributed by atoms with E-state index in [-0.39, 0.29) is 12.5 Å². The number of hydrogen-bond acceptors (Lipinski definition) is 3. The number of amides is 1. The van der Waals surface area contributed by atoms with Crippen molar-refractivity contribution in [2.24, 2.45) is 5.41 Å². The second kappa shape index (κ2) is 4.55. The molecule has 1 aliphatic rings. The van der Waals surface area contributed by atoms with Crippen LogP contribution in [0.25, 0.3) is 0 Å². The lowest BCUT2D eigenvalue weighted by Crippen LogP contribution is -2.35. The molecule has 1 aliphatic carbocycles. The fraction of sp³-hybridized carbons (Fsp3) is 0.583. The van der Waals surface area contributed by atoms with Gasteiger partial charge in [-0.3, -0.25) is 4.79 Å². The van der Waals surface area contributed by atoms with Crippen molar-refractivity contribution in [2.45, 2.75) is 26.2 Å². The number of carbonyl (C=O) groups excluding carboxylic acids is 1. The summed E-state index contributed by atoms with van der Waals surface area (Å²) in [5.41, 5.74) is 0.854. The highest BCUT2D eigenvalue weighted by Crippen LogP contribution is 2.45. The summed E-state index contributed by atoms with van der Waals surface area (Å²) in [4.78, 5) is 13.0. The van der Waals surface area contributed by atoms with Gasteiger partial charge >= 0.3 is 0 Å². The highest BCUT2D eigenvalue weighted by atomic mass is 32.1. The lowest BCUT2D eigenvalue weighted by Gasteiger charge is -2.11. The number of aliphatic hydroxyl groups is 1. The third-order valence-electron chi connectivity index (χ3n) is 3.24. The van der Waals surface area contributed by atoms with Gasteiger partial charge in [-0.1, -0.05) is 0 Å². The molecule has 1 aromatic rings. The van der Waals surface area contributed by atoms with E-state index >= 15 is 0 Å². The van der Waals surface area contributed by atoms with Crippen LogP contribution in [-0.2, 0) is 11.2 Å². The van der Waals surface area contributed by atoms with E-state index in [0.717, 1.165) is 19.3 Å². The van der Waals surface area contributed by atoms with Crippen molar-refractivity contribution in [3.63, 3.8) is 0 Å². The normalized spacial score (nSPS) is 17.1. The Balaban J connectivity index is 1.77. The topological polar surface area (TPSA) is 49.3 Å². The predicted molar refractivity (Wildman–Crippen MR) is 64.5 cm³/mol. The van der Waals surface area contributed by atoms with Crippen molar-refractivity contribution in [3.8, 4) is 0 Å². The zero-order chi connectivity index (χ0) is 11.6. The maximum Gasteiger partial charge on any atom is 0.228 e. The van der Waals surface area contributed by atoms with Gasteiger partial charge in [-0.05, 0) is 43.2 Å². The van der Waals surface area contributed by atoms with Gasteiger partial charge in [0.25, 0.3) is 0 Å². The zero-order valence-electron chi connectivity index (χ0n) is 9.45. The molecule has 1 fully saturated rings. The molecular formula is C12H17NO2S. The number of carbonyl (C=O) groups is 1. The molecule has 0 aliphatic heterocycles. The van der Waals surface area contributed by atoms with Crippen molar-refractivity contribution in [1.29, 1.82) is 0 Å². The summed E-state index contributed by atoms with van der Waals surface area (Å²) >= 11 is 1.73. The Morgan fingerprint density at radius 2 is 2.38 bits per heavy atom. The quantitative estimate of drug-likeness (QED) is 0.818. The van der Waals surface area contributed by atoms with Crippen LogP contribution in [-0.4, -0.2) is 24.2 Å². The molecule has 0 unspecified atom stereocenters. The second-order valence-corrected chi connectivity index (χ2v) is 5.47. The predicted octanol–water partition coefficient (Wildman–Crippen LogP) is 1.49. The molecule has 0 saturated heterocycles. The first-order valence-corrected chi connectivity index (χ1v) is 6.48. The molecule has 0 bridgehead atoms. The Kier molecular flexibility index (Phi) is 3.30. The van der Waals surface area contributed by atoms with Gasteiger partial charge in [0.05, 0.1) is 12.0 Å². The highest BCUT2D eigenvalue weighted by Gasteiger charge is 2.49. The van der Waals surface area contributed by atoms with E-state index < -0.39 is 5.41 Å². The molecule has 0 aromatic carbocycles. The third-order valence-corrected chi connectivity index (χ3v) is 4.33. The standard InChI is InChI=1S/C12H17NO2S/c1-9-3-7-16-10(9)2-6-13-11(15)12(8-14)4-5-12/h3,7,14H,2,4-6,8H2,1H3,(H,13,15). The zero-order valence-corrected chi connectivity index (χ0v) is 10.3. The average Bonchev–Trinajstić information content (AvgIpc) is 2.99. The third kappa shape index (κ3) is 2.28. The first kappa shape index (κ1) is 11.6. The van der Waals surface area contributed by atoms with Crippen LogP contribution in [0.3, 0.4) is 0 Å². The van der Waals surface area contributed by atoms with Gasteiger partial charge < -0.3 is 10.4 Å². The molecule has 88 valence electrons. The van der Waals surface area contributed by atoms with Crippen LogP contribution in [0.2, 0.25) is 0 Å². The Bertz CT molecular complexity index is 382. The van der Waals surface area contributed by atoms with Gasteiger partial charge in [0.15, 0.2) is 0 Å². The maximum absolute atomic E-state index is 11.7. The fourth-order valence-corrected chi connectivity index (χ4v) is 2.66. The summed E-state index contributed by atoms with van der Waals surface area (Å²) in [5, 5.41) is 14.1. The van der Waals surface area contributed by atoms with Gasteiger partial charge in [0.1, 0.15) is 0 Å². The number of aliphatic hydroxyl groups excluding tert-OH is 1. The van der Waals surface area contributed by atoms with Crippen LogP contribution in [0.5, 0.6) is 0 Å².